The van der Waals surface area contributed by atoms with Crippen LogP contribution in [0.15, 0.2) is 39.5 Å². The minimum absolute atomic E-state index is 0.0973. The minimum atomic E-state index is -1.82. The Kier molecular flexibility index (Phi) is 8.90. The Bertz CT molecular complexity index is 1560. The predicted octanol–water partition coefficient (Wildman–Crippen LogP) is -1.38. The molecule has 1 aromatic heterocycles. The Balaban J connectivity index is 1.39. The third-order valence-corrected chi connectivity index (χ3v) is 7.52. The highest BCUT2D eigenvalue weighted by molar-refractivity contribution is 5.88. The van der Waals surface area contributed by atoms with Crippen molar-refractivity contribution in [2.45, 2.75) is 68.3 Å². The van der Waals surface area contributed by atoms with Gasteiger partial charge in [-0.25, -0.2) is 0 Å². The van der Waals surface area contributed by atoms with Gasteiger partial charge in [-0.2, -0.15) is 0 Å². The summed E-state index contributed by atoms with van der Waals surface area (Å²) >= 11 is 0. The molecular formula is C28H32O16. The molecule has 0 spiro atoms. The lowest BCUT2D eigenvalue weighted by Gasteiger charge is -2.42. The maximum atomic E-state index is 12.9. The lowest BCUT2D eigenvalue weighted by molar-refractivity contribution is -0.318. The van der Waals surface area contributed by atoms with Crippen LogP contribution in [0.4, 0.5) is 0 Å². The Labute approximate surface area is 248 Å². The number of phenols is 2. The molecule has 2 aliphatic rings. The zero-order valence-electron chi connectivity index (χ0n) is 23.3. The number of ether oxygens (including phenoxy) is 5. The molecule has 2 aromatic carbocycles. The van der Waals surface area contributed by atoms with Crippen molar-refractivity contribution in [3.8, 4) is 40.1 Å². The fourth-order valence-electron chi connectivity index (χ4n) is 4.99. The van der Waals surface area contributed by atoms with Crippen LogP contribution in [0.25, 0.3) is 22.3 Å². The monoisotopic (exact) mass is 624 g/mol. The van der Waals surface area contributed by atoms with Gasteiger partial charge in [-0.15, -0.1) is 0 Å². The van der Waals surface area contributed by atoms with Crippen LogP contribution in [0.1, 0.15) is 6.92 Å². The van der Waals surface area contributed by atoms with Crippen molar-refractivity contribution >= 4 is 11.0 Å². The smallest absolute Gasteiger partial charge is 0.238 e. The van der Waals surface area contributed by atoms with Gasteiger partial charge in [0.1, 0.15) is 65.2 Å². The van der Waals surface area contributed by atoms with E-state index in [1.807, 2.05) is 0 Å². The van der Waals surface area contributed by atoms with Gasteiger partial charge >= 0.3 is 0 Å². The molecule has 2 saturated heterocycles. The molecule has 0 amide bonds. The largest absolute Gasteiger partial charge is 0.507 e. The number of rotatable bonds is 7. The number of methoxy groups -OCH3 is 1. The fourth-order valence-corrected chi connectivity index (χ4v) is 4.99. The van der Waals surface area contributed by atoms with E-state index in [1.54, 1.807) is 0 Å². The van der Waals surface area contributed by atoms with Crippen LogP contribution in [0.5, 0.6) is 28.7 Å². The van der Waals surface area contributed by atoms with Crippen molar-refractivity contribution in [2.75, 3.05) is 13.7 Å². The van der Waals surface area contributed by atoms with E-state index in [1.165, 1.54) is 32.2 Å². The Hall–Kier alpha value is -3.71. The van der Waals surface area contributed by atoms with Crippen LogP contribution in [0.3, 0.4) is 0 Å². The van der Waals surface area contributed by atoms with Crippen LogP contribution in [-0.4, -0.2) is 121 Å². The zero-order chi connectivity index (χ0) is 32.0. The van der Waals surface area contributed by atoms with Gasteiger partial charge in [0, 0.05) is 17.7 Å². The number of aliphatic hydroxyl groups is 6. The summed E-state index contributed by atoms with van der Waals surface area (Å²) in [7, 11) is 1.34. The van der Waals surface area contributed by atoms with Gasteiger partial charge in [-0.3, -0.25) is 4.79 Å². The first-order valence-electron chi connectivity index (χ1n) is 13.4. The summed E-state index contributed by atoms with van der Waals surface area (Å²) < 4.78 is 32.7. The van der Waals surface area contributed by atoms with Crippen molar-refractivity contribution in [1.29, 1.82) is 0 Å². The first-order valence-corrected chi connectivity index (χ1v) is 13.4. The topological polar surface area (TPSA) is 258 Å². The number of hydrogen-bond acceptors (Lipinski definition) is 16. The summed E-state index contributed by atoms with van der Waals surface area (Å²) in [6.45, 7) is 0.912. The van der Waals surface area contributed by atoms with Crippen LogP contribution >= 0.6 is 0 Å². The first-order chi connectivity index (χ1) is 20.8. The van der Waals surface area contributed by atoms with Gasteiger partial charge in [0.05, 0.1) is 19.8 Å². The van der Waals surface area contributed by atoms with Gasteiger partial charge in [0.2, 0.25) is 17.5 Å². The van der Waals surface area contributed by atoms with Crippen molar-refractivity contribution in [1.82, 2.24) is 0 Å². The van der Waals surface area contributed by atoms with Crippen molar-refractivity contribution in [3.63, 3.8) is 0 Å². The van der Waals surface area contributed by atoms with E-state index in [4.69, 9.17) is 28.1 Å². The molecular weight excluding hydrogens is 592 g/mol. The molecule has 9 N–H and O–H groups in total. The molecule has 240 valence electrons. The van der Waals surface area contributed by atoms with E-state index >= 15 is 0 Å². The molecule has 0 saturated carbocycles. The summed E-state index contributed by atoms with van der Waals surface area (Å²) in [5.74, 6) is -2.27. The second-order valence-corrected chi connectivity index (χ2v) is 10.5. The van der Waals surface area contributed by atoms with E-state index in [2.05, 4.69) is 0 Å². The molecule has 0 aliphatic carbocycles. The average Bonchev–Trinajstić information content (AvgIpc) is 2.99. The Morgan fingerprint density at radius 1 is 0.795 bits per heavy atom. The summed E-state index contributed by atoms with van der Waals surface area (Å²) in [5.41, 5.74) is -1.17. The molecule has 2 fully saturated rings. The summed E-state index contributed by atoms with van der Waals surface area (Å²) in [6.07, 6.45) is -15.3. The number of benzene rings is 2. The zero-order valence-corrected chi connectivity index (χ0v) is 23.3. The highest BCUT2D eigenvalue weighted by Crippen LogP contribution is 2.39. The van der Waals surface area contributed by atoms with E-state index < -0.39 is 90.3 Å². The predicted molar refractivity (Wildman–Crippen MR) is 145 cm³/mol. The third-order valence-electron chi connectivity index (χ3n) is 7.52. The minimum Gasteiger partial charge on any atom is -0.507 e. The van der Waals surface area contributed by atoms with E-state index in [0.29, 0.717) is 0 Å². The highest BCUT2D eigenvalue weighted by atomic mass is 16.7. The molecule has 3 aromatic rings. The highest BCUT2D eigenvalue weighted by Gasteiger charge is 2.47. The van der Waals surface area contributed by atoms with E-state index in [0.717, 1.165) is 12.1 Å². The second-order valence-electron chi connectivity index (χ2n) is 10.5. The Morgan fingerprint density at radius 2 is 1.48 bits per heavy atom. The average molecular weight is 625 g/mol. The molecule has 16 heteroatoms. The molecule has 10 atom stereocenters. The lowest BCUT2D eigenvalue weighted by Crippen LogP contribution is -2.61. The second kappa shape index (κ2) is 12.4. The fraction of sp³-hybridized carbons (Fsp3) is 0.464. The third kappa shape index (κ3) is 5.74. The van der Waals surface area contributed by atoms with Crippen LogP contribution in [0.2, 0.25) is 0 Å². The molecule has 3 heterocycles. The van der Waals surface area contributed by atoms with Crippen LogP contribution in [0, 0.1) is 0 Å². The molecule has 16 nitrogen and oxygen atoms in total. The number of fused-ring (bicyclic) bond motifs is 1. The number of phenolic OH excluding ortho intramolecular Hbond substituents is 2. The summed E-state index contributed by atoms with van der Waals surface area (Å²) in [6, 6.07) is 6.08. The van der Waals surface area contributed by atoms with Crippen molar-refractivity contribution < 1.29 is 74.1 Å². The van der Waals surface area contributed by atoms with Crippen molar-refractivity contribution in [2.24, 2.45) is 0 Å². The van der Waals surface area contributed by atoms with E-state index in [-0.39, 0.29) is 34.2 Å². The van der Waals surface area contributed by atoms with Crippen LogP contribution in [-0.2, 0) is 14.2 Å². The van der Waals surface area contributed by atoms with Gasteiger partial charge in [-0.05, 0) is 25.1 Å². The number of hydrogen-bond donors (Lipinski definition) is 9. The Morgan fingerprint density at radius 3 is 2.16 bits per heavy atom. The van der Waals surface area contributed by atoms with Gasteiger partial charge in [-0.1, -0.05) is 0 Å². The first kappa shape index (κ1) is 31.7. The molecule has 6 unspecified atom stereocenters. The summed E-state index contributed by atoms with van der Waals surface area (Å²) in [4.78, 5) is 12.9. The lowest BCUT2D eigenvalue weighted by atomic mass is 9.98. The molecule has 0 radical (unpaired) electrons. The van der Waals surface area contributed by atoms with Crippen LogP contribution < -0.4 is 14.9 Å². The normalized spacial score (nSPS) is 32.5. The van der Waals surface area contributed by atoms with Crippen molar-refractivity contribution in [3.05, 3.63) is 40.6 Å². The molecule has 44 heavy (non-hydrogen) atoms. The quantitative estimate of drug-likeness (QED) is 0.147. The number of aliphatic hydroxyl groups excluding tert-OH is 6. The maximum absolute atomic E-state index is 12.9. The number of aromatic hydroxyl groups is 3. The molecule has 2 aliphatic heterocycles. The van der Waals surface area contributed by atoms with Gasteiger partial charge in [0.15, 0.2) is 23.5 Å². The molecule has 5 rings (SSSR count). The SMILES string of the molecule is COc1ccc(-c2oc3cc(O[C@@H]4OC(CO[C@@H]5OC(C)[C@H](O)C(O)C5O)[C@@H](O)C(O)C4O)cc(O)c3c(=O)c2O)cc1O. The standard InChI is InChI=1S/C28H32O16/c1-9-18(31)21(34)24(37)27(41-9)40-8-16-19(32)22(35)25(38)28(44-16)42-11-6-13(30)17-15(7-11)43-26(23(36)20(17)33)10-3-4-14(39-2)12(29)5-10/h3-7,9,16,18-19,21-22,24-25,27-32,34-38H,8H2,1-2H3/t9?,16?,18-,19+,21?,22?,24?,25?,27+,28+/m0/s1. The van der Waals surface area contributed by atoms with E-state index in [9.17, 15) is 50.8 Å². The maximum Gasteiger partial charge on any atom is 0.238 e. The molecule has 0 bridgehead atoms. The van der Waals surface area contributed by atoms with Gasteiger partial charge < -0.3 is 74.1 Å². The summed E-state index contributed by atoms with van der Waals surface area (Å²) in [5, 5.41) is 92.3. The van der Waals surface area contributed by atoms with Gasteiger partial charge in [0.25, 0.3) is 0 Å².